The standard InChI is InChI=1S/C15H15ClFNO/c1-18(13-6-8-14(19)9-7-13)10-15(16)11-2-4-12(17)5-3-11/h2-9,15,19H,10H2,1H3. The molecule has 0 radical (unpaired) electrons. The molecule has 0 heterocycles. The van der Waals surface area contributed by atoms with Gasteiger partial charge in [-0.05, 0) is 42.0 Å². The second kappa shape index (κ2) is 5.93. The molecule has 2 aromatic carbocycles. The molecule has 0 aliphatic carbocycles. The van der Waals surface area contributed by atoms with E-state index in [1.54, 1.807) is 24.3 Å². The molecule has 100 valence electrons. The molecule has 0 spiro atoms. The second-order valence-electron chi connectivity index (χ2n) is 4.42. The van der Waals surface area contributed by atoms with E-state index in [9.17, 15) is 9.50 Å². The quantitative estimate of drug-likeness (QED) is 0.857. The Balaban J connectivity index is 2.03. The normalized spacial score (nSPS) is 12.2. The molecule has 1 unspecified atom stereocenters. The molecule has 2 rings (SSSR count). The van der Waals surface area contributed by atoms with Crippen LogP contribution < -0.4 is 4.90 Å². The molecule has 0 aliphatic heterocycles. The molecule has 0 saturated carbocycles. The van der Waals surface area contributed by atoms with Crippen LogP contribution in [0.25, 0.3) is 0 Å². The molecule has 0 amide bonds. The molecular formula is C15H15ClFNO. The van der Waals surface area contributed by atoms with Gasteiger partial charge in [-0.3, -0.25) is 0 Å². The second-order valence-corrected chi connectivity index (χ2v) is 4.94. The highest BCUT2D eigenvalue weighted by Gasteiger charge is 2.11. The fraction of sp³-hybridized carbons (Fsp3) is 0.200. The molecule has 0 bridgehead atoms. The number of aromatic hydroxyl groups is 1. The van der Waals surface area contributed by atoms with Crippen molar-refractivity contribution in [2.24, 2.45) is 0 Å². The first-order valence-corrected chi connectivity index (χ1v) is 6.39. The van der Waals surface area contributed by atoms with Gasteiger partial charge in [-0.15, -0.1) is 11.6 Å². The molecule has 0 saturated heterocycles. The van der Waals surface area contributed by atoms with Gasteiger partial charge in [0.2, 0.25) is 0 Å². The number of alkyl halides is 1. The Labute approximate surface area is 117 Å². The summed E-state index contributed by atoms with van der Waals surface area (Å²) < 4.78 is 12.8. The van der Waals surface area contributed by atoms with Crippen LogP contribution in [0.5, 0.6) is 5.75 Å². The van der Waals surface area contributed by atoms with Gasteiger partial charge >= 0.3 is 0 Å². The highest BCUT2D eigenvalue weighted by atomic mass is 35.5. The highest BCUT2D eigenvalue weighted by Crippen LogP contribution is 2.25. The maximum Gasteiger partial charge on any atom is 0.123 e. The summed E-state index contributed by atoms with van der Waals surface area (Å²) >= 11 is 6.32. The van der Waals surface area contributed by atoms with Crippen molar-refractivity contribution < 1.29 is 9.50 Å². The lowest BCUT2D eigenvalue weighted by Gasteiger charge is -2.22. The molecular weight excluding hydrogens is 265 g/mol. The number of halogens is 2. The molecule has 0 aromatic heterocycles. The van der Waals surface area contributed by atoms with Gasteiger partial charge in [0.25, 0.3) is 0 Å². The molecule has 0 aliphatic rings. The monoisotopic (exact) mass is 279 g/mol. The minimum atomic E-state index is -0.264. The van der Waals surface area contributed by atoms with Crippen LogP contribution in [0, 0.1) is 5.82 Å². The Morgan fingerprint density at radius 2 is 1.68 bits per heavy atom. The van der Waals surface area contributed by atoms with Gasteiger partial charge in [0.15, 0.2) is 0 Å². The molecule has 1 N–H and O–H groups in total. The van der Waals surface area contributed by atoms with Gasteiger partial charge in [0.05, 0.1) is 5.38 Å². The lowest BCUT2D eigenvalue weighted by molar-refractivity contribution is 0.475. The van der Waals surface area contributed by atoms with E-state index in [0.29, 0.717) is 6.54 Å². The number of phenolic OH excluding ortho intramolecular Hbond substituents is 1. The Bertz CT molecular complexity index is 477. The Hall–Kier alpha value is -1.74. The molecule has 2 aromatic rings. The summed E-state index contributed by atoms with van der Waals surface area (Å²) in [5.41, 5.74) is 1.85. The van der Waals surface area contributed by atoms with Crippen molar-refractivity contribution in [3.8, 4) is 5.75 Å². The van der Waals surface area contributed by atoms with Crippen molar-refractivity contribution in [1.29, 1.82) is 0 Å². The van der Waals surface area contributed by atoms with Crippen molar-refractivity contribution >= 4 is 17.3 Å². The summed E-state index contributed by atoms with van der Waals surface area (Å²) in [4.78, 5) is 1.99. The zero-order valence-electron chi connectivity index (χ0n) is 10.6. The van der Waals surface area contributed by atoms with Gasteiger partial charge in [0.1, 0.15) is 11.6 Å². The maximum absolute atomic E-state index is 12.8. The summed E-state index contributed by atoms with van der Waals surface area (Å²) in [7, 11) is 1.92. The average Bonchev–Trinajstić information content (AvgIpc) is 2.40. The first kappa shape index (κ1) is 13.7. The minimum Gasteiger partial charge on any atom is -0.508 e. The Morgan fingerprint density at radius 3 is 2.26 bits per heavy atom. The zero-order chi connectivity index (χ0) is 13.8. The number of nitrogens with zero attached hydrogens (tertiary/aromatic N) is 1. The fourth-order valence-corrected chi connectivity index (χ4v) is 2.18. The van der Waals surface area contributed by atoms with Crippen LogP contribution in [0.15, 0.2) is 48.5 Å². The number of phenols is 1. The van der Waals surface area contributed by atoms with E-state index < -0.39 is 0 Å². The van der Waals surface area contributed by atoms with Gasteiger partial charge in [0, 0.05) is 19.3 Å². The third kappa shape index (κ3) is 3.61. The Kier molecular flexibility index (Phi) is 4.27. The zero-order valence-corrected chi connectivity index (χ0v) is 11.3. The van der Waals surface area contributed by atoms with Gasteiger partial charge < -0.3 is 10.0 Å². The molecule has 4 heteroatoms. The lowest BCUT2D eigenvalue weighted by Crippen LogP contribution is -2.21. The van der Waals surface area contributed by atoms with E-state index in [4.69, 9.17) is 11.6 Å². The summed E-state index contributed by atoms with van der Waals surface area (Å²) in [5.74, 6) is -0.0300. The number of hydrogen-bond donors (Lipinski definition) is 1. The average molecular weight is 280 g/mol. The number of benzene rings is 2. The molecule has 0 fully saturated rings. The predicted molar refractivity (Wildman–Crippen MR) is 76.4 cm³/mol. The third-order valence-corrected chi connectivity index (χ3v) is 3.35. The maximum atomic E-state index is 12.8. The third-order valence-electron chi connectivity index (χ3n) is 2.96. The van der Waals surface area contributed by atoms with Crippen molar-refractivity contribution in [3.63, 3.8) is 0 Å². The van der Waals surface area contributed by atoms with Crippen molar-refractivity contribution in [2.75, 3.05) is 18.5 Å². The lowest BCUT2D eigenvalue weighted by atomic mass is 10.1. The Morgan fingerprint density at radius 1 is 1.11 bits per heavy atom. The first-order chi connectivity index (χ1) is 9.06. The van der Waals surface area contributed by atoms with E-state index in [0.717, 1.165) is 11.3 Å². The number of rotatable bonds is 4. The van der Waals surface area contributed by atoms with Crippen molar-refractivity contribution in [2.45, 2.75) is 5.38 Å². The summed E-state index contributed by atoms with van der Waals surface area (Å²) in [6.45, 7) is 0.595. The van der Waals surface area contributed by atoms with E-state index in [1.165, 1.54) is 12.1 Å². The fourth-order valence-electron chi connectivity index (χ4n) is 1.83. The molecule has 2 nitrogen and oxygen atoms in total. The van der Waals surface area contributed by atoms with Crippen LogP contribution in [0.3, 0.4) is 0 Å². The van der Waals surface area contributed by atoms with E-state index in [2.05, 4.69) is 0 Å². The van der Waals surface area contributed by atoms with Gasteiger partial charge in [-0.25, -0.2) is 4.39 Å². The number of likely N-dealkylation sites (N-methyl/N-ethyl adjacent to an activating group) is 1. The van der Waals surface area contributed by atoms with Crippen LogP contribution in [-0.4, -0.2) is 18.7 Å². The number of anilines is 1. The van der Waals surface area contributed by atoms with Crippen LogP contribution in [0.2, 0.25) is 0 Å². The van der Waals surface area contributed by atoms with E-state index in [1.807, 2.05) is 24.1 Å². The largest absolute Gasteiger partial charge is 0.508 e. The topological polar surface area (TPSA) is 23.5 Å². The summed E-state index contributed by atoms with van der Waals surface area (Å²) in [6.07, 6.45) is 0. The summed E-state index contributed by atoms with van der Waals surface area (Å²) in [5, 5.41) is 9.02. The SMILES string of the molecule is CN(CC(Cl)c1ccc(F)cc1)c1ccc(O)cc1. The van der Waals surface area contributed by atoms with E-state index in [-0.39, 0.29) is 16.9 Å². The first-order valence-electron chi connectivity index (χ1n) is 5.96. The van der Waals surface area contributed by atoms with E-state index >= 15 is 0 Å². The molecule has 19 heavy (non-hydrogen) atoms. The van der Waals surface area contributed by atoms with Crippen molar-refractivity contribution in [1.82, 2.24) is 0 Å². The van der Waals surface area contributed by atoms with Crippen LogP contribution >= 0.6 is 11.6 Å². The van der Waals surface area contributed by atoms with Crippen LogP contribution in [0.1, 0.15) is 10.9 Å². The van der Waals surface area contributed by atoms with Crippen LogP contribution in [-0.2, 0) is 0 Å². The number of hydrogen-bond acceptors (Lipinski definition) is 2. The highest BCUT2D eigenvalue weighted by molar-refractivity contribution is 6.21. The van der Waals surface area contributed by atoms with Gasteiger partial charge in [-0.2, -0.15) is 0 Å². The predicted octanol–water partition coefficient (Wildman–Crippen LogP) is 3.95. The summed E-state index contributed by atoms with van der Waals surface area (Å²) in [6, 6.07) is 13.1. The van der Waals surface area contributed by atoms with Crippen LogP contribution in [0.4, 0.5) is 10.1 Å². The van der Waals surface area contributed by atoms with Gasteiger partial charge in [-0.1, -0.05) is 12.1 Å². The smallest absolute Gasteiger partial charge is 0.123 e. The minimum absolute atomic E-state index is 0.223. The van der Waals surface area contributed by atoms with Crippen molar-refractivity contribution in [3.05, 3.63) is 59.9 Å². The molecule has 1 atom stereocenters.